The first-order chi connectivity index (χ1) is 13.8. The largest absolute Gasteiger partial charge is 0.360 e. The van der Waals surface area contributed by atoms with Crippen molar-refractivity contribution in [2.75, 3.05) is 11.1 Å². The highest BCUT2D eigenvalue weighted by atomic mass is 35.5. The van der Waals surface area contributed by atoms with Gasteiger partial charge in [-0.3, -0.25) is 14.3 Å². The Kier molecular flexibility index (Phi) is 6.18. The molecule has 29 heavy (non-hydrogen) atoms. The van der Waals surface area contributed by atoms with Gasteiger partial charge in [-0.2, -0.15) is 0 Å². The average molecular weight is 436 g/mol. The second-order valence-electron chi connectivity index (χ2n) is 6.39. The Hall–Kier alpha value is -2.52. The van der Waals surface area contributed by atoms with Crippen molar-refractivity contribution >= 4 is 38.4 Å². The van der Waals surface area contributed by atoms with E-state index in [1.807, 2.05) is 19.9 Å². The van der Waals surface area contributed by atoms with Crippen molar-refractivity contribution < 1.29 is 8.42 Å². The molecule has 0 fully saturated rings. The zero-order valence-electron chi connectivity index (χ0n) is 16.4. The molecular weight excluding hydrogens is 414 g/mol. The lowest BCUT2D eigenvalue weighted by molar-refractivity contribution is 0.596. The second-order valence-corrected chi connectivity index (χ2v) is 9.02. The lowest BCUT2D eigenvalue weighted by atomic mass is 10.2. The van der Waals surface area contributed by atoms with Crippen molar-refractivity contribution in [2.24, 2.45) is 0 Å². The minimum absolute atomic E-state index is 0.0155. The maximum absolute atomic E-state index is 12.8. The molecule has 0 saturated heterocycles. The number of aryl methyl sites for hydroxylation is 2. The Balaban J connectivity index is 1.93. The zero-order chi connectivity index (χ0) is 21.2. The number of nitrogens with zero attached hydrogens (tertiary/aromatic N) is 4. The van der Waals surface area contributed by atoms with Crippen LogP contribution >= 0.6 is 11.6 Å². The van der Waals surface area contributed by atoms with Gasteiger partial charge in [-0.05, 0) is 37.1 Å². The van der Waals surface area contributed by atoms with Gasteiger partial charge in [0.05, 0.1) is 22.9 Å². The van der Waals surface area contributed by atoms with E-state index in [9.17, 15) is 13.2 Å². The van der Waals surface area contributed by atoms with Crippen LogP contribution in [-0.4, -0.2) is 33.7 Å². The van der Waals surface area contributed by atoms with E-state index in [-0.39, 0.29) is 28.6 Å². The summed E-state index contributed by atoms with van der Waals surface area (Å²) in [5.41, 5.74) is 2.16. The maximum atomic E-state index is 12.8. The first-order valence-electron chi connectivity index (χ1n) is 9.32. The topological polar surface area (TPSA) is 107 Å². The minimum atomic E-state index is -3.30. The lowest BCUT2D eigenvalue weighted by Crippen LogP contribution is -2.25. The second kappa shape index (κ2) is 8.46. The first kappa shape index (κ1) is 21.2. The predicted molar refractivity (Wildman–Crippen MR) is 113 cm³/mol. The molecule has 0 aliphatic rings. The van der Waals surface area contributed by atoms with Crippen molar-refractivity contribution in [3.8, 4) is 0 Å². The van der Waals surface area contributed by atoms with E-state index in [1.54, 1.807) is 13.0 Å². The van der Waals surface area contributed by atoms with Gasteiger partial charge in [-0.25, -0.2) is 18.4 Å². The molecule has 0 amide bonds. The number of hydrogen-bond donors (Lipinski definition) is 1. The number of fused-ring (bicyclic) bond motifs is 1. The Morgan fingerprint density at radius 2 is 1.93 bits per heavy atom. The summed E-state index contributed by atoms with van der Waals surface area (Å²) in [4.78, 5) is 25.9. The molecule has 0 saturated carbocycles. The quantitative estimate of drug-likeness (QED) is 0.568. The van der Waals surface area contributed by atoms with Gasteiger partial charge in [0.15, 0.2) is 21.3 Å². The molecule has 3 rings (SSSR count). The van der Waals surface area contributed by atoms with Gasteiger partial charge in [0.25, 0.3) is 5.56 Å². The molecule has 0 aliphatic heterocycles. The number of aromatic nitrogens is 4. The van der Waals surface area contributed by atoms with E-state index >= 15 is 0 Å². The highest BCUT2D eigenvalue weighted by molar-refractivity contribution is 7.91. The van der Waals surface area contributed by atoms with Crippen molar-refractivity contribution in [3.63, 3.8) is 0 Å². The number of pyridine rings is 2. The fourth-order valence-electron chi connectivity index (χ4n) is 2.88. The van der Waals surface area contributed by atoms with Crippen LogP contribution in [0.3, 0.4) is 0 Å². The van der Waals surface area contributed by atoms with E-state index in [1.165, 1.54) is 16.8 Å². The molecule has 3 aromatic rings. The zero-order valence-corrected chi connectivity index (χ0v) is 18.0. The summed E-state index contributed by atoms with van der Waals surface area (Å²) >= 11 is 6.20. The first-order valence-corrected chi connectivity index (χ1v) is 11.3. The van der Waals surface area contributed by atoms with Gasteiger partial charge in [0.2, 0.25) is 0 Å². The average Bonchev–Trinajstić information content (AvgIpc) is 2.72. The number of hydrogen-bond acceptors (Lipinski definition) is 7. The summed E-state index contributed by atoms with van der Waals surface area (Å²) < 4.78 is 25.3. The van der Waals surface area contributed by atoms with Crippen molar-refractivity contribution in [1.82, 2.24) is 19.5 Å². The summed E-state index contributed by atoms with van der Waals surface area (Å²) in [7, 11) is -3.30. The number of sulfone groups is 1. The lowest BCUT2D eigenvalue weighted by Gasteiger charge is -2.12. The summed E-state index contributed by atoms with van der Waals surface area (Å²) in [6.45, 7) is 6.05. The van der Waals surface area contributed by atoms with Crippen molar-refractivity contribution in [1.29, 1.82) is 0 Å². The molecule has 0 aromatic carbocycles. The van der Waals surface area contributed by atoms with E-state index in [0.29, 0.717) is 35.0 Å². The van der Waals surface area contributed by atoms with Crippen LogP contribution in [0.15, 0.2) is 34.1 Å². The number of halogens is 1. The monoisotopic (exact) mass is 435 g/mol. The molecule has 1 N–H and O–H groups in total. The van der Waals surface area contributed by atoms with E-state index < -0.39 is 9.84 Å². The summed E-state index contributed by atoms with van der Waals surface area (Å²) in [6.07, 6.45) is 2.03. The van der Waals surface area contributed by atoms with Gasteiger partial charge in [-0.1, -0.05) is 25.4 Å². The van der Waals surface area contributed by atoms with Crippen LogP contribution in [-0.2, 0) is 29.3 Å². The minimum Gasteiger partial charge on any atom is -0.360 e. The Labute approximate surface area is 173 Å². The summed E-state index contributed by atoms with van der Waals surface area (Å²) in [6, 6.07) is 4.97. The van der Waals surface area contributed by atoms with Crippen molar-refractivity contribution in [2.45, 2.75) is 45.2 Å². The van der Waals surface area contributed by atoms with Crippen LogP contribution in [0.25, 0.3) is 11.2 Å². The van der Waals surface area contributed by atoms with Crippen LogP contribution in [0.1, 0.15) is 32.0 Å². The van der Waals surface area contributed by atoms with Gasteiger partial charge in [0, 0.05) is 12.7 Å². The van der Waals surface area contributed by atoms with Gasteiger partial charge in [-0.15, -0.1) is 0 Å². The molecule has 0 bridgehead atoms. The summed E-state index contributed by atoms with van der Waals surface area (Å²) in [5.74, 6) is 0.194. The third-order valence-corrected chi connectivity index (χ3v) is 6.66. The van der Waals surface area contributed by atoms with Gasteiger partial charge >= 0.3 is 0 Å². The molecule has 8 nitrogen and oxygen atoms in total. The molecule has 10 heteroatoms. The standard InChI is InChI=1S/C19H22ClN5O3S/c1-4-12-9-15-18(24-16(12)20)25(5-2)19(26)17(23-15)22-10-13-7-8-14(11-21-13)29(27,28)6-3/h7-9,11H,4-6,10H2,1-3H3,(H,22,23). The van der Waals surface area contributed by atoms with E-state index in [2.05, 4.69) is 20.3 Å². The molecule has 0 aliphatic carbocycles. The highest BCUT2D eigenvalue weighted by Gasteiger charge is 2.15. The van der Waals surface area contributed by atoms with E-state index in [4.69, 9.17) is 11.6 Å². The van der Waals surface area contributed by atoms with Gasteiger partial charge < -0.3 is 5.32 Å². The highest BCUT2D eigenvalue weighted by Crippen LogP contribution is 2.20. The predicted octanol–water partition coefficient (Wildman–Crippen LogP) is 2.83. The van der Waals surface area contributed by atoms with Crippen LogP contribution in [0.5, 0.6) is 0 Å². The number of anilines is 1. The third kappa shape index (κ3) is 4.25. The SMILES string of the molecule is CCc1cc2nc(NCc3ccc(S(=O)(=O)CC)cn3)c(=O)n(CC)c2nc1Cl. The molecule has 0 radical (unpaired) electrons. The molecule has 0 spiro atoms. The van der Waals surface area contributed by atoms with Crippen LogP contribution in [0, 0.1) is 0 Å². The fourth-order valence-corrected chi connectivity index (χ4v) is 3.97. The Morgan fingerprint density at radius 3 is 2.52 bits per heavy atom. The number of nitrogens with one attached hydrogen (secondary N) is 1. The van der Waals surface area contributed by atoms with Crippen LogP contribution < -0.4 is 10.9 Å². The third-order valence-electron chi connectivity index (χ3n) is 4.62. The maximum Gasteiger partial charge on any atom is 0.294 e. The van der Waals surface area contributed by atoms with E-state index in [0.717, 1.165) is 5.56 Å². The Morgan fingerprint density at radius 1 is 1.17 bits per heavy atom. The fraction of sp³-hybridized carbons (Fsp3) is 0.368. The van der Waals surface area contributed by atoms with Crippen LogP contribution in [0.2, 0.25) is 5.15 Å². The van der Waals surface area contributed by atoms with Crippen molar-refractivity contribution in [3.05, 3.63) is 51.2 Å². The number of rotatable bonds is 7. The molecule has 3 heterocycles. The Bertz CT molecular complexity index is 1210. The normalized spacial score (nSPS) is 11.7. The molecule has 0 atom stereocenters. The molecule has 154 valence electrons. The molecular formula is C19H22ClN5O3S. The smallest absolute Gasteiger partial charge is 0.294 e. The molecule has 3 aromatic heterocycles. The van der Waals surface area contributed by atoms with Gasteiger partial charge in [0.1, 0.15) is 10.7 Å². The summed E-state index contributed by atoms with van der Waals surface area (Å²) in [5, 5.41) is 3.37. The van der Waals surface area contributed by atoms with Crippen LogP contribution in [0.4, 0.5) is 5.82 Å². The molecule has 0 unspecified atom stereocenters.